The number of amides is 3. The summed E-state index contributed by atoms with van der Waals surface area (Å²) in [4.78, 5) is 43.1. The zero-order valence-corrected chi connectivity index (χ0v) is 20.0. The van der Waals surface area contributed by atoms with E-state index in [4.69, 9.17) is 4.74 Å². The summed E-state index contributed by atoms with van der Waals surface area (Å²) in [5, 5.41) is 2.94. The predicted molar refractivity (Wildman–Crippen MR) is 130 cm³/mol. The van der Waals surface area contributed by atoms with Crippen LogP contribution < -0.4 is 10.1 Å². The lowest BCUT2D eigenvalue weighted by atomic mass is 9.87. The molecule has 1 unspecified atom stereocenters. The smallest absolute Gasteiger partial charge is 0.253 e. The third-order valence-electron chi connectivity index (χ3n) is 6.94. The minimum Gasteiger partial charge on any atom is -0.497 e. The largest absolute Gasteiger partial charge is 0.497 e. The number of piperidine rings is 2. The average molecular weight is 482 g/mol. The Balaban J connectivity index is 1.46. The molecule has 0 bridgehead atoms. The highest BCUT2D eigenvalue weighted by Crippen LogP contribution is 2.25. The van der Waals surface area contributed by atoms with Crippen LogP contribution in [-0.2, 0) is 4.79 Å². The molecule has 0 aliphatic carbocycles. The number of rotatable bonds is 6. The molecule has 7 nitrogen and oxygen atoms in total. The van der Waals surface area contributed by atoms with Crippen LogP contribution in [0.3, 0.4) is 0 Å². The van der Waals surface area contributed by atoms with Crippen molar-refractivity contribution in [2.24, 2.45) is 5.92 Å². The van der Waals surface area contributed by atoms with E-state index in [2.05, 4.69) is 5.32 Å². The summed E-state index contributed by atoms with van der Waals surface area (Å²) in [6.07, 6.45) is 4.21. The molecule has 2 fully saturated rings. The molecule has 4 rings (SSSR count). The lowest BCUT2D eigenvalue weighted by molar-refractivity contribution is -0.136. The molecule has 1 atom stereocenters. The second-order valence-electron chi connectivity index (χ2n) is 9.21. The number of ether oxygens (including phenoxy) is 1. The number of carbonyl (C=O) groups is 3. The van der Waals surface area contributed by atoms with Gasteiger partial charge >= 0.3 is 0 Å². The Morgan fingerprint density at radius 1 is 0.914 bits per heavy atom. The highest BCUT2D eigenvalue weighted by atomic mass is 19.1. The average Bonchev–Trinajstić information content (AvgIpc) is 2.92. The van der Waals surface area contributed by atoms with E-state index in [0.717, 1.165) is 19.3 Å². The first kappa shape index (κ1) is 24.7. The fourth-order valence-corrected chi connectivity index (χ4v) is 4.89. The quantitative estimate of drug-likeness (QED) is 0.685. The third kappa shape index (κ3) is 5.99. The SMILES string of the molecule is COc1cccc(C(=O)N2CCC(C(NC(=O)c3ccc(F)cc3)C(=O)N3CCCCC3)CC2)c1. The summed E-state index contributed by atoms with van der Waals surface area (Å²) < 4.78 is 18.5. The summed E-state index contributed by atoms with van der Waals surface area (Å²) in [7, 11) is 1.56. The van der Waals surface area contributed by atoms with Crippen LogP contribution in [0.25, 0.3) is 0 Å². The van der Waals surface area contributed by atoms with Crippen LogP contribution >= 0.6 is 0 Å². The number of halogens is 1. The lowest BCUT2D eigenvalue weighted by Gasteiger charge is -2.38. The van der Waals surface area contributed by atoms with Gasteiger partial charge in [-0.3, -0.25) is 14.4 Å². The number of benzene rings is 2. The Bertz CT molecular complexity index is 1040. The van der Waals surface area contributed by atoms with Gasteiger partial charge in [0, 0.05) is 37.3 Å². The maximum atomic E-state index is 13.5. The molecule has 0 saturated carbocycles. The van der Waals surface area contributed by atoms with Crippen molar-refractivity contribution < 1.29 is 23.5 Å². The van der Waals surface area contributed by atoms with Crippen LogP contribution in [-0.4, -0.2) is 66.9 Å². The summed E-state index contributed by atoms with van der Waals surface area (Å²) in [6, 6.07) is 11.7. The van der Waals surface area contributed by atoms with Gasteiger partial charge in [0.2, 0.25) is 5.91 Å². The summed E-state index contributed by atoms with van der Waals surface area (Å²) in [5.41, 5.74) is 0.877. The van der Waals surface area contributed by atoms with Crippen LogP contribution in [0.2, 0.25) is 0 Å². The number of hydrogen-bond acceptors (Lipinski definition) is 4. The first-order valence-electron chi connectivity index (χ1n) is 12.2. The second kappa shape index (κ2) is 11.3. The topological polar surface area (TPSA) is 79.0 Å². The molecule has 35 heavy (non-hydrogen) atoms. The van der Waals surface area contributed by atoms with Crippen molar-refractivity contribution in [3.8, 4) is 5.75 Å². The highest BCUT2D eigenvalue weighted by molar-refractivity contribution is 5.98. The van der Waals surface area contributed by atoms with Crippen molar-refractivity contribution in [3.05, 3.63) is 65.5 Å². The van der Waals surface area contributed by atoms with E-state index >= 15 is 0 Å². The van der Waals surface area contributed by atoms with Gasteiger partial charge in [-0.05, 0) is 80.5 Å². The molecule has 2 aliphatic heterocycles. The number of nitrogens with zero attached hydrogens (tertiary/aromatic N) is 2. The molecule has 0 spiro atoms. The predicted octanol–water partition coefficient (Wildman–Crippen LogP) is 3.50. The molecule has 2 aromatic rings. The van der Waals surface area contributed by atoms with Gasteiger partial charge in [0.05, 0.1) is 7.11 Å². The molecule has 3 amide bonds. The number of nitrogens with one attached hydrogen (secondary N) is 1. The van der Waals surface area contributed by atoms with Gasteiger partial charge in [-0.25, -0.2) is 4.39 Å². The summed E-state index contributed by atoms with van der Waals surface area (Å²) >= 11 is 0. The zero-order valence-electron chi connectivity index (χ0n) is 20.0. The van der Waals surface area contributed by atoms with Crippen molar-refractivity contribution in [2.75, 3.05) is 33.3 Å². The Kier molecular flexibility index (Phi) is 8.00. The fraction of sp³-hybridized carbons (Fsp3) is 0.444. The van der Waals surface area contributed by atoms with Crippen LogP contribution in [0.4, 0.5) is 4.39 Å². The van der Waals surface area contributed by atoms with Gasteiger partial charge in [0.1, 0.15) is 17.6 Å². The molecule has 1 N–H and O–H groups in total. The van der Waals surface area contributed by atoms with E-state index < -0.39 is 17.8 Å². The number of likely N-dealkylation sites (tertiary alicyclic amines) is 2. The normalized spacial score (nSPS) is 17.5. The first-order valence-corrected chi connectivity index (χ1v) is 12.2. The van der Waals surface area contributed by atoms with Crippen LogP contribution in [0.15, 0.2) is 48.5 Å². The standard InChI is InChI=1S/C27H32FN3O4/c1-35-23-7-5-6-21(18-23)26(33)31-16-12-19(13-17-31)24(27(34)30-14-3-2-4-15-30)29-25(32)20-8-10-22(28)11-9-20/h5-11,18-19,24H,2-4,12-17H2,1H3,(H,29,32). The summed E-state index contributed by atoms with van der Waals surface area (Å²) in [6.45, 7) is 2.37. The fourth-order valence-electron chi connectivity index (χ4n) is 4.89. The van der Waals surface area contributed by atoms with E-state index in [9.17, 15) is 18.8 Å². The molecule has 2 aliphatic rings. The third-order valence-corrected chi connectivity index (χ3v) is 6.94. The molecule has 2 aromatic carbocycles. The van der Waals surface area contributed by atoms with E-state index in [-0.39, 0.29) is 17.7 Å². The number of methoxy groups -OCH3 is 1. The van der Waals surface area contributed by atoms with Gasteiger partial charge < -0.3 is 19.9 Å². The zero-order chi connectivity index (χ0) is 24.8. The van der Waals surface area contributed by atoms with Gasteiger partial charge in [-0.2, -0.15) is 0 Å². The molecule has 0 radical (unpaired) electrons. The first-order chi connectivity index (χ1) is 17.0. The van der Waals surface area contributed by atoms with Gasteiger partial charge in [-0.15, -0.1) is 0 Å². The van der Waals surface area contributed by atoms with Gasteiger partial charge in [0.15, 0.2) is 0 Å². The second-order valence-corrected chi connectivity index (χ2v) is 9.21. The lowest BCUT2D eigenvalue weighted by Crippen LogP contribution is -2.55. The van der Waals surface area contributed by atoms with Crippen LogP contribution in [0.1, 0.15) is 52.8 Å². The van der Waals surface area contributed by atoms with E-state index in [1.165, 1.54) is 24.3 Å². The van der Waals surface area contributed by atoms with Crippen LogP contribution in [0.5, 0.6) is 5.75 Å². The summed E-state index contributed by atoms with van der Waals surface area (Å²) in [5.74, 6) is -0.426. The van der Waals surface area contributed by atoms with Crippen molar-refractivity contribution in [2.45, 2.75) is 38.1 Å². The maximum absolute atomic E-state index is 13.5. The Labute approximate surface area is 205 Å². The Hall–Kier alpha value is -3.42. The van der Waals surface area contributed by atoms with Crippen molar-refractivity contribution in [3.63, 3.8) is 0 Å². The minimum atomic E-state index is -0.681. The van der Waals surface area contributed by atoms with Crippen molar-refractivity contribution >= 4 is 17.7 Å². The molecule has 186 valence electrons. The Morgan fingerprint density at radius 2 is 1.60 bits per heavy atom. The molecule has 8 heteroatoms. The number of carbonyl (C=O) groups excluding carboxylic acids is 3. The Morgan fingerprint density at radius 3 is 2.26 bits per heavy atom. The van der Waals surface area contributed by atoms with Gasteiger partial charge in [-0.1, -0.05) is 6.07 Å². The van der Waals surface area contributed by atoms with Crippen molar-refractivity contribution in [1.82, 2.24) is 15.1 Å². The maximum Gasteiger partial charge on any atom is 0.253 e. The van der Waals surface area contributed by atoms with Crippen molar-refractivity contribution in [1.29, 1.82) is 0 Å². The van der Waals surface area contributed by atoms with E-state index in [0.29, 0.717) is 55.9 Å². The monoisotopic (exact) mass is 481 g/mol. The number of hydrogen-bond donors (Lipinski definition) is 1. The minimum absolute atomic E-state index is 0.0715. The van der Waals surface area contributed by atoms with Gasteiger partial charge in [0.25, 0.3) is 11.8 Å². The van der Waals surface area contributed by atoms with Crippen LogP contribution in [0, 0.1) is 11.7 Å². The van der Waals surface area contributed by atoms with E-state index in [1.54, 1.807) is 36.3 Å². The highest BCUT2D eigenvalue weighted by Gasteiger charge is 2.36. The molecule has 0 aromatic heterocycles. The molecular formula is C27H32FN3O4. The molecule has 2 heterocycles. The molecular weight excluding hydrogens is 449 g/mol. The van der Waals surface area contributed by atoms with E-state index in [1.807, 2.05) is 4.90 Å². The molecule has 2 saturated heterocycles.